The first-order valence-corrected chi connectivity index (χ1v) is 5.69. The van der Waals surface area contributed by atoms with Crippen LogP contribution in [0.1, 0.15) is 0 Å². The summed E-state index contributed by atoms with van der Waals surface area (Å²) in [6, 6.07) is 4.01. The van der Waals surface area contributed by atoms with Crippen LogP contribution in [0.5, 0.6) is 5.75 Å². The number of methoxy groups -OCH3 is 1. The normalized spacial score (nSPS) is 10.6. The number of anilines is 1. The molecule has 0 amide bonds. The molecule has 0 spiro atoms. The quantitative estimate of drug-likeness (QED) is 0.822. The van der Waals surface area contributed by atoms with Crippen molar-refractivity contribution < 1.29 is 4.74 Å². The first-order valence-electron chi connectivity index (χ1n) is 3.73. The Morgan fingerprint density at radius 1 is 1.46 bits per heavy atom. The third kappa shape index (κ3) is 1.38. The highest BCUT2D eigenvalue weighted by molar-refractivity contribution is 14.1. The molecule has 0 unspecified atom stereocenters. The number of thiophene rings is 1. The third-order valence-electron chi connectivity index (χ3n) is 1.89. The van der Waals surface area contributed by atoms with Gasteiger partial charge in [-0.2, -0.15) is 0 Å². The summed E-state index contributed by atoms with van der Waals surface area (Å²) >= 11 is 3.92. The van der Waals surface area contributed by atoms with Gasteiger partial charge < -0.3 is 10.5 Å². The van der Waals surface area contributed by atoms with Gasteiger partial charge in [0, 0.05) is 15.5 Å². The van der Waals surface area contributed by atoms with Crippen LogP contribution in [0, 0.1) is 3.57 Å². The number of benzene rings is 1. The van der Waals surface area contributed by atoms with Gasteiger partial charge in [-0.3, -0.25) is 0 Å². The summed E-state index contributed by atoms with van der Waals surface area (Å²) in [4.78, 5) is 0. The highest BCUT2D eigenvalue weighted by atomic mass is 127. The van der Waals surface area contributed by atoms with Crippen LogP contribution < -0.4 is 10.5 Å². The lowest BCUT2D eigenvalue weighted by Crippen LogP contribution is -1.88. The van der Waals surface area contributed by atoms with E-state index in [1.54, 1.807) is 18.4 Å². The average molecular weight is 305 g/mol. The number of halogens is 1. The standard InChI is InChI=1S/C9H8INOS/c1-12-6-2-3-7-8(9(6)10)5(11)4-13-7/h2-4H,11H2,1H3. The fraction of sp³-hybridized carbons (Fsp3) is 0.111. The molecule has 0 saturated heterocycles. The molecule has 2 aromatic rings. The Kier molecular flexibility index (Phi) is 2.33. The lowest BCUT2D eigenvalue weighted by atomic mass is 10.2. The van der Waals surface area contributed by atoms with Crippen molar-refractivity contribution in [1.29, 1.82) is 0 Å². The van der Waals surface area contributed by atoms with E-state index in [0.29, 0.717) is 0 Å². The van der Waals surface area contributed by atoms with Crippen LogP contribution in [0.3, 0.4) is 0 Å². The van der Waals surface area contributed by atoms with Gasteiger partial charge in [0.1, 0.15) is 5.75 Å². The van der Waals surface area contributed by atoms with Gasteiger partial charge in [0.2, 0.25) is 0 Å². The molecular weight excluding hydrogens is 297 g/mol. The zero-order valence-corrected chi connectivity index (χ0v) is 9.98. The number of hydrogen-bond donors (Lipinski definition) is 1. The summed E-state index contributed by atoms with van der Waals surface area (Å²) in [5.41, 5.74) is 6.69. The van der Waals surface area contributed by atoms with Gasteiger partial charge >= 0.3 is 0 Å². The fourth-order valence-corrected chi connectivity index (χ4v) is 3.29. The Hall–Kier alpha value is -0.490. The topological polar surface area (TPSA) is 35.2 Å². The van der Waals surface area contributed by atoms with Crippen molar-refractivity contribution in [2.45, 2.75) is 0 Å². The summed E-state index contributed by atoms with van der Waals surface area (Å²) < 4.78 is 7.52. The Morgan fingerprint density at radius 3 is 2.92 bits per heavy atom. The van der Waals surface area contributed by atoms with E-state index >= 15 is 0 Å². The van der Waals surface area contributed by atoms with Crippen molar-refractivity contribution in [3.63, 3.8) is 0 Å². The molecule has 0 fully saturated rings. The van der Waals surface area contributed by atoms with Crippen molar-refractivity contribution in [1.82, 2.24) is 0 Å². The van der Waals surface area contributed by atoms with E-state index in [-0.39, 0.29) is 0 Å². The molecule has 0 saturated carbocycles. The van der Waals surface area contributed by atoms with Crippen molar-refractivity contribution in [3.05, 3.63) is 21.1 Å². The predicted octanol–water partition coefficient (Wildman–Crippen LogP) is 3.10. The largest absolute Gasteiger partial charge is 0.496 e. The van der Waals surface area contributed by atoms with E-state index in [9.17, 15) is 0 Å². The first-order chi connectivity index (χ1) is 6.24. The molecule has 68 valence electrons. The van der Waals surface area contributed by atoms with Crippen LogP contribution in [0.4, 0.5) is 5.69 Å². The number of rotatable bonds is 1. The van der Waals surface area contributed by atoms with Gasteiger partial charge in [0.25, 0.3) is 0 Å². The van der Waals surface area contributed by atoms with Crippen molar-refractivity contribution in [2.75, 3.05) is 12.8 Å². The molecule has 1 aromatic carbocycles. The molecule has 4 heteroatoms. The average Bonchev–Trinajstić information content (AvgIpc) is 2.49. The monoisotopic (exact) mass is 305 g/mol. The zero-order valence-electron chi connectivity index (χ0n) is 7.00. The molecule has 13 heavy (non-hydrogen) atoms. The molecule has 0 aliphatic carbocycles. The van der Waals surface area contributed by atoms with Gasteiger partial charge in [-0.25, -0.2) is 0 Å². The Morgan fingerprint density at radius 2 is 2.23 bits per heavy atom. The minimum Gasteiger partial charge on any atom is -0.496 e. The predicted molar refractivity (Wildman–Crippen MR) is 65.5 cm³/mol. The maximum Gasteiger partial charge on any atom is 0.132 e. The van der Waals surface area contributed by atoms with Crippen LogP contribution in [0.2, 0.25) is 0 Å². The van der Waals surface area contributed by atoms with Crippen molar-refractivity contribution in [2.24, 2.45) is 0 Å². The maximum atomic E-state index is 5.85. The number of nitrogens with two attached hydrogens (primary N) is 1. The van der Waals surface area contributed by atoms with Gasteiger partial charge in [0.15, 0.2) is 0 Å². The van der Waals surface area contributed by atoms with Crippen LogP contribution in [-0.4, -0.2) is 7.11 Å². The van der Waals surface area contributed by atoms with Gasteiger partial charge in [0.05, 0.1) is 16.4 Å². The second-order valence-electron chi connectivity index (χ2n) is 2.65. The molecule has 0 bridgehead atoms. The lowest BCUT2D eigenvalue weighted by molar-refractivity contribution is 0.412. The molecule has 0 aliphatic heterocycles. The van der Waals surface area contributed by atoms with Crippen molar-refractivity contribution in [3.8, 4) is 5.75 Å². The summed E-state index contributed by atoms with van der Waals surface area (Å²) in [7, 11) is 1.67. The fourth-order valence-electron chi connectivity index (χ4n) is 1.25. The minimum absolute atomic E-state index is 0.836. The summed E-state index contributed by atoms with van der Waals surface area (Å²) in [6.07, 6.45) is 0. The van der Waals surface area contributed by atoms with Crippen molar-refractivity contribution >= 4 is 49.7 Å². The van der Waals surface area contributed by atoms with E-state index in [1.807, 2.05) is 17.5 Å². The third-order valence-corrected chi connectivity index (χ3v) is 3.93. The highest BCUT2D eigenvalue weighted by Gasteiger charge is 2.09. The Bertz CT molecular complexity index is 452. The summed E-state index contributed by atoms with van der Waals surface area (Å²) in [6.45, 7) is 0. The van der Waals surface area contributed by atoms with Gasteiger partial charge in [-0.05, 0) is 34.7 Å². The van der Waals surface area contributed by atoms with Crippen LogP contribution >= 0.6 is 33.9 Å². The van der Waals surface area contributed by atoms with Crippen LogP contribution in [0.25, 0.3) is 10.1 Å². The van der Waals surface area contributed by atoms with E-state index in [4.69, 9.17) is 10.5 Å². The lowest BCUT2D eigenvalue weighted by Gasteiger charge is -2.03. The molecule has 0 radical (unpaired) electrons. The molecule has 1 aromatic heterocycles. The van der Waals surface area contributed by atoms with Gasteiger partial charge in [-0.1, -0.05) is 0 Å². The first kappa shape index (κ1) is 9.08. The van der Waals surface area contributed by atoms with E-state index in [2.05, 4.69) is 22.6 Å². The number of fused-ring (bicyclic) bond motifs is 1. The van der Waals surface area contributed by atoms with E-state index in [1.165, 1.54) is 4.70 Å². The maximum absolute atomic E-state index is 5.85. The smallest absolute Gasteiger partial charge is 0.132 e. The molecule has 2 rings (SSSR count). The number of nitrogen functional groups attached to an aromatic ring is 1. The summed E-state index contributed by atoms with van der Waals surface area (Å²) in [5, 5.41) is 3.08. The molecule has 1 heterocycles. The zero-order chi connectivity index (χ0) is 9.42. The molecule has 0 aliphatic rings. The second kappa shape index (κ2) is 3.34. The van der Waals surface area contributed by atoms with E-state index < -0.39 is 0 Å². The van der Waals surface area contributed by atoms with Crippen LogP contribution in [-0.2, 0) is 0 Å². The highest BCUT2D eigenvalue weighted by Crippen LogP contribution is 2.36. The molecule has 2 N–H and O–H groups in total. The number of hydrogen-bond acceptors (Lipinski definition) is 3. The molecule has 0 atom stereocenters. The van der Waals surface area contributed by atoms with E-state index in [0.717, 1.165) is 20.4 Å². The second-order valence-corrected chi connectivity index (χ2v) is 4.64. The summed E-state index contributed by atoms with van der Waals surface area (Å²) in [5.74, 6) is 0.887. The Labute approximate surface area is 93.8 Å². The number of ether oxygens (including phenoxy) is 1. The van der Waals surface area contributed by atoms with Crippen LogP contribution in [0.15, 0.2) is 17.5 Å². The molecular formula is C9H8INOS. The van der Waals surface area contributed by atoms with Gasteiger partial charge in [-0.15, -0.1) is 11.3 Å². The minimum atomic E-state index is 0.836. The Balaban J connectivity index is 2.83. The SMILES string of the molecule is COc1ccc2scc(N)c2c1I. The molecule has 2 nitrogen and oxygen atoms in total.